The van der Waals surface area contributed by atoms with Crippen molar-refractivity contribution in [3.05, 3.63) is 35.7 Å². The normalized spacial score (nSPS) is 10.6. The summed E-state index contributed by atoms with van der Waals surface area (Å²) in [5, 5.41) is 9.40. The molecule has 0 radical (unpaired) electrons. The van der Waals surface area contributed by atoms with E-state index in [9.17, 15) is 4.79 Å². The average molecular weight is 278 g/mol. The number of aryl methyl sites for hydroxylation is 2. The number of carbonyl (C=O) groups is 1. The van der Waals surface area contributed by atoms with Crippen LogP contribution >= 0.6 is 11.8 Å². The van der Waals surface area contributed by atoms with Gasteiger partial charge in [0, 0.05) is 12.4 Å². The lowest BCUT2D eigenvalue weighted by Crippen LogP contribution is -2.05. The molecule has 0 aliphatic rings. The van der Waals surface area contributed by atoms with Crippen LogP contribution in [0.25, 0.3) is 0 Å². The number of carboxylic acids is 1. The van der Waals surface area contributed by atoms with Crippen LogP contribution in [0, 0.1) is 13.8 Å². The van der Waals surface area contributed by atoms with Crippen molar-refractivity contribution in [1.82, 2.24) is 19.5 Å². The van der Waals surface area contributed by atoms with E-state index in [1.807, 2.05) is 24.6 Å². The Kier molecular flexibility index (Phi) is 4.16. The van der Waals surface area contributed by atoms with E-state index in [4.69, 9.17) is 5.11 Å². The second kappa shape index (κ2) is 5.83. The first kappa shape index (κ1) is 13.5. The van der Waals surface area contributed by atoms with E-state index >= 15 is 0 Å². The minimum absolute atomic E-state index is 0.00394. The van der Waals surface area contributed by atoms with Gasteiger partial charge in [-0.05, 0) is 13.8 Å². The van der Waals surface area contributed by atoms with Crippen molar-refractivity contribution in [2.24, 2.45) is 0 Å². The fourth-order valence-corrected chi connectivity index (χ4v) is 2.30. The van der Waals surface area contributed by atoms with Crippen LogP contribution in [0.1, 0.15) is 17.1 Å². The molecule has 0 bridgehead atoms. The van der Waals surface area contributed by atoms with E-state index in [1.54, 1.807) is 12.4 Å². The van der Waals surface area contributed by atoms with Crippen LogP contribution in [0.4, 0.5) is 0 Å². The second-order valence-electron chi connectivity index (χ2n) is 4.12. The maximum atomic E-state index is 10.6. The molecule has 0 atom stereocenters. The first-order chi connectivity index (χ1) is 9.04. The maximum absolute atomic E-state index is 10.6. The van der Waals surface area contributed by atoms with E-state index in [-0.39, 0.29) is 5.75 Å². The number of thioether (sulfide) groups is 1. The highest BCUT2D eigenvalue weighted by Gasteiger charge is 2.09. The van der Waals surface area contributed by atoms with Crippen LogP contribution in [0.15, 0.2) is 23.7 Å². The Morgan fingerprint density at radius 2 is 2.11 bits per heavy atom. The van der Waals surface area contributed by atoms with E-state index in [2.05, 4.69) is 15.0 Å². The third-order valence-electron chi connectivity index (χ3n) is 2.35. The van der Waals surface area contributed by atoms with Gasteiger partial charge >= 0.3 is 5.97 Å². The van der Waals surface area contributed by atoms with Gasteiger partial charge in [0.05, 0.1) is 35.6 Å². The topological polar surface area (TPSA) is 80.9 Å². The van der Waals surface area contributed by atoms with Gasteiger partial charge in [-0.25, -0.2) is 4.98 Å². The highest BCUT2D eigenvalue weighted by Crippen LogP contribution is 2.18. The number of nitrogens with zero attached hydrogens (tertiary/aromatic N) is 4. The molecule has 0 unspecified atom stereocenters. The van der Waals surface area contributed by atoms with Gasteiger partial charge in [-0.15, -0.1) is 0 Å². The zero-order valence-electron chi connectivity index (χ0n) is 10.7. The summed E-state index contributed by atoms with van der Waals surface area (Å²) < 4.78 is 1.89. The van der Waals surface area contributed by atoms with E-state index in [0.717, 1.165) is 17.1 Å². The highest BCUT2D eigenvalue weighted by molar-refractivity contribution is 7.99. The molecule has 7 heteroatoms. The number of carboxylic acid groups (broad SMARTS) is 1. The van der Waals surface area contributed by atoms with Crippen LogP contribution in [0.5, 0.6) is 0 Å². The molecular weight excluding hydrogens is 264 g/mol. The predicted octanol–water partition coefficient (Wildman–Crippen LogP) is 1.51. The first-order valence-electron chi connectivity index (χ1n) is 5.70. The molecule has 2 aromatic heterocycles. The van der Waals surface area contributed by atoms with Crippen LogP contribution < -0.4 is 0 Å². The quantitative estimate of drug-likeness (QED) is 0.835. The molecule has 0 amide bonds. The lowest BCUT2D eigenvalue weighted by molar-refractivity contribution is -0.133. The minimum Gasteiger partial charge on any atom is -0.481 e. The van der Waals surface area contributed by atoms with Gasteiger partial charge in [-0.2, -0.15) is 0 Å². The number of imidazole rings is 1. The fraction of sp³-hybridized carbons (Fsp3) is 0.333. The van der Waals surface area contributed by atoms with Gasteiger partial charge in [0.1, 0.15) is 0 Å². The zero-order valence-corrected chi connectivity index (χ0v) is 11.5. The molecule has 0 aliphatic carbocycles. The summed E-state index contributed by atoms with van der Waals surface area (Å²) in [6, 6.07) is 0. The van der Waals surface area contributed by atoms with Crippen molar-refractivity contribution in [3.8, 4) is 0 Å². The number of hydrogen-bond acceptors (Lipinski definition) is 5. The van der Waals surface area contributed by atoms with Gasteiger partial charge in [0.25, 0.3) is 0 Å². The van der Waals surface area contributed by atoms with Crippen molar-refractivity contribution in [2.45, 2.75) is 25.5 Å². The van der Waals surface area contributed by atoms with Crippen molar-refractivity contribution in [2.75, 3.05) is 5.75 Å². The third-order valence-corrected chi connectivity index (χ3v) is 3.33. The van der Waals surface area contributed by atoms with Crippen LogP contribution in [-0.2, 0) is 11.3 Å². The Morgan fingerprint density at radius 1 is 1.32 bits per heavy atom. The van der Waals surface area contributed by atoms with Crippen molar-refractivity contribution < 1.29 is 9.90 Å². The lowest BCUT2D eigenvalue weighted by atomic mass is 10.4. The van der Waals surface area contributed by atoms with Crippen molar-refractivity contribution >= 4 is 17.7 Å². The SMILES string of the molecule is Cc1cnc(Cn2cc(C)nc2SCC(=O)O)cn1. The van der Waals surface area contributed by atoms with Crippen LogP contribution in [0.3, 0.4) is 0 Å². The molecule has 2 rings (SSSR count). The summed E-state index contributed by atoms with van der Waals surface area (Å²) in [6.07, 6.45) is 5.31. The Bertz CT molecular complexity index is 580. The number of aliphatic carboxylic acids is 1. The van der Waals surface area contributed by atoms with Crippen LogP contribution in [-0.4, -0.2) is 36.3 Å². The molecule has 0 aromatic carbocycles. The van der Waals surface area contributed by atoms with E-state index in [1.165, 1.54) is 11.8 Å². The Hall–Kier alpha value is -1.89. The van der Waals surface area contributed by atoms with Gasteiger partial charge < -0.3 is 9.67 Å². The first-order valence-corrected chi connectivity index (χ1v) is 6.69. The molecule has 1 N–H and O–H groups in total. The second-order valence-corrected chi connectivity index (χ2v) is 5.07. The fourth-order valence-electron chi connectivity index (χ4n) is 1.55. The summed E-state index contributed by atoms with van der Waals surface area (Å²) in [6.45, 7) is 4.30. The monoisotopic (exact) mass is 278 g/mol. The molecular formula is C12H14N4O2S. The molecule has 0 fully saturated rings. The molecule has 100 valence electrons. The van der Waals surface area contributed by atoms with Gasteiger partial charge in [0.2, 0.25) is 0 Å². The largest absolute Gasteiger partial charge is 0.481 e. The van der Waals surface area contributed by atoms with E-state index in [0.29, 0.717) is 11.7 Å². The predicted molar refractivity (Wildman–Crippen MR) is 71.2 cm³/mol. The molecule has 0 spiro atoms. The van der Waals surface area contributed by atoms with Gasteiger partial charge in [0.15, 0.2) is 5.16 Å². The standard InChI is InChI=1S/C12H14N4O2S/c1-8-3-14-10(4-13-8)6-16-5-9(2)15-12(16)19-7-11(17)18/h3-5H,6-7H2,1-2H3,(H,17,18). The van der Waals surface area contributed by atoms with Crippen molar-refractivity contribution in [1.29, 1.82) is 0 Å². The molecule has 2 aromatic rings. The van der Waals surface area contributed by atoms with Gasteiger partial charge in [-0.3, -0.25) is 14.8 Å². The third kappa shape index (κ3) is 3.78. The summed E-state index contributed by atoms with van der Waals surface area (Å²) in [4.78, 5) is 23.4. The number of aromatic nitrogens is 4. The summed E-state index contributed by atoms with van der Waals surface area (Å²) >= 11 is 1.20. The smallest absolute Gasteiger partial charge is 0.313 e. The summed E-state index contributed by atoms with van der Waals surface area (Å²) in [7, 11) is 0. The lowest BCUT2D eigenvalue weighted by Gasteiger charge is -2.05. The Labute approximate surface area is 114 Å². The molecule has 6 nitrogen and oxygen atoms in total. The molecule has 2 heterocycles. The zero-order chi connectivity index (χ0) is 13.8. The molecule has 0 saturated heterocycles. The number of hydrogen-bond donors (Lipinski definition) is 1. The van der Waals surface area contributed by atoms with Crippen LogP contribution in [0.2, 0.25) is 0 Å². The highest BCUT2D eigenvalue weighted by atomic mass is 32.2. The number of rotatable bonds is 5. The molecule has 0 saturated carbocycles. The Morgan fingerprint density at radius 3 is 2.74 bits per heavy atom. The van der Waals surface area contributed by atoms with E-state index < -0.39 is 5.97 Å². The Balaban J connectivity index is 2.15. The molecule has 19 heavy (non-hydrogen) atoms. The summed E-state index contributed by atoms with van der Waals surface area (Å²) in [5.74, 6) is -0.858. The average Bonchev–Trinajstić information content (AvgIpc) is 2.70. The van der Waals surface area contributed by atoms with Crippen molar-refractivity contribution in [3.63, 3.8) is 0 Å². The minimum atomic E-state index is -0.854. The maximum Gasteiger partial charge on any atom is 0.313 e. The van der Waals surface area contributed by atoms with Gasteiger partial charge in [-0.1, -0.05) is 11.8 Å². The molecule has 0 aliphatic heterocycles. The summed E-state index contributed by atoms with van der Waals surface area (Å²) in [5.41, 5.74) is 2.54.